The molecule has 0 aromatic heterocycles. The van der Waals surface area contributed by atoms with Gasteiger partial charge in [0.2, 0.25) is 0 Å². The highest BCUT2D eigenvalue weighted by molar-refractivity contribution is 8.06. The third-order valence-electron chi connectivity index (χ3n) is 3.34. The maximum atomic E-state index is 11.6. The van der Waals surface area contributed by atoms with Crippen LogP contribution in [0.25, 0.3) is 0 Å². The average molecular weight is 332 g/mol. The van der Waals surface area contributed by atoms with Gasteiger partial charge >= 0.3 is 5.97 Å². The molecule has 0 radical (unpaired) electrons. The standard InChI is InChI=1S/C18H24N2O2S/c1-3-22-18(21)12-17-20(14-15(2)23-17)11-7-10-19-13-16-8-5-4-6-9-16/h4-6,8-9,12,14,19H,3,7,10-11,13H2,1-2H3/b17-12-. The summed E-state index contributed by atoms with van der Waals surface area (Å²) in [6.45, 7) is 6.99. The second kappa shape index (κ2) is 9.43. The second-order valence-electron chi connectivity index (χ2n) is 5.29. The van der Waals surface area contributed by atoms with E-state index in [0.717, 1.165) is 31.1 Å². The summed E-state index contributed by atoms with van der Waals surface area (Å²) in [5.41, 5.74) is 1.29. The van der Waals surface area contributed by atoms with E-state index in [4.69, 9.17) is 4.74 Å². The van der Waals surface area contributed by atoms with E-state index in [9.17, 15) is 4.79 Å². The lowest BCUT2D eigenvalue weighted by Crippen LogP contribution is -2.21. The van der Waals surface area contributed by atoms with E-state index >= 15 is 0 Å². The minimum absolute atomic E-state index is 0.273. The largest absolute Gasteiger partial charge is 0.463 e. The zero-order valence-corrected chi connectivity index (χ0v) is 14.6. The van der Waals surface area contributed by atoms with Crippen LogP contribution < -0.4 is 5.32 Å². The van der Waals surface area contributed by atoms with Crippen molar-refractivity contribution in [3.63, 3.8) is 0 Å². The molecule has 0 saturated heterocycles. The molecule has 1 aromatic carbocycles. The van der Waals surface area contributed by atoms with Crippen molar-refractivity contribution in [2.75, 3.05) is 19.7 Å². The highest BCUT2D eigenvalue weighted by Gasteiger charge is 2.17. The summed E-state index contributed by atoms with van der Waals surface area (Å²) >= 11 is 1.62. The number of ether oxygens (including phenoxy) is 1. The molecule has 2 rings (SSSR count). The molecule has 0 atom stereocenters. The van der Waals surface area contributed by atoms with Crippen LogP contribution in [0.4, 0.5) is 0 Å². The fourth-order valence-corrected chi connectivity index (χ4v) is 3.23. The van der Waals surface area contributed by atoms with Crippen LogP contribution >= 0.6 is 11.8 Å². The number of rotatable bonds is 8. The van der Waals surface area contributed by atoms with Gasteiger partial charge < -0.3 is 15.0 Å². The van der Waals surface area contributed by atoms with Crippen LogP contribution in [0, 0.1) is 0 Å². The smallest absolute Gasteiger partial charge is 0.333 e. The first-order chi connectivity index (χ1) is 11.2. The normalized spacial score (nSPS) is 15.8. The Balaban J connectivity index is 1.73. The summed E-state index contributed by atoms with van der Waals surface area (Å²) in [6, 6.07) is 10.4. The highest BCUT2D eigenvalue weighted by atomic mass is 32.2. The first-order valence-corrected chi connectivity index (χ1v) is 8.76. The number of nitrogens with zero attached hydrogens (tertiary/aromatic N) is 1. The van der Waals surface area contributed by atoms with Crippen LogP contribution in [-0.4, -0.2) is 30.6 Å². The van der Waals surface area contributed by atoms with Gasteiger partial charge in [-0.05, 0) is 32.4 Å². The Kier molecular flexibility index (Phi) is 7.23. The number of benzene rings is 1. The van der Waals surface area contributed by atoms with Crippen molar-refractivity contribution < 1.29 is 9.53 Å². The minimum atomic E-state index is -0.273. The fourth-order valence-electron chi connectivity index (χ4n) is 2.31. The molecule has 1 aliphatic heterocycles. The van der Waals surface area contributed by atoms with Gasteiger partial charge in [-0.3, -0.25) is 0 Å². The molecule has 1 aromatic rings. The van der Waals surface area contributed by atoms with Crippen molar-refractivity contribution in [1.82, 2.24) is 10.2 Å². The Morgan fingerprint density at radius 2 is 2.13 bits per heavy atom. The zero-order valence-electron chi connectivity index (χ0n) is 13.7. The SMILES string of the molecule is CCOC(=O)/C=C1\SC(C)=CN1CCCNCc1ccccc1. The van der Waals surface area contributed by atoms with Gasteiger partial charge in [0.1, 0.15) is 0 Å². The van der Waals surface area contributed by atoms with Crippen LogP contribution in [0.15, 0.2) is 52.5 Å². The molecule has 0 unspecified atom stereocenters. The first kappa shape index (κ1) is 17.6. The molecule has 23 heavy (non-hydrogen) atoms. The topological polar surface area (TPSA) is 41.6 Å². The third-order valence-corrected chi connectivity index (χ3v) is 4.33. The number of hydrogen-bond acceptors (Lipinski definition) is 5. The molecule has 0 saturated carbocycles. The lowest BCUT2D eigenvalue weighted by molar-refractivity contribution is -0.137. The molecule has 0 amide bonds. The van der Waals surface area contributed by atoms with E-state index in [0.29, 0.717) is 6.61 Å². The summed E-state index contributed by atoms with van der Waals surface area (Å²) < 4.78 is 4.99. The summed E-state index contributed by atoms with van der Waals surface area (Å²) in [6.07, 6.45) is 4.68. The fraction of sp³-hybridized carbons (Fsp3) is 0.389. The molecule has 0 spiro atoms. The van der Waals surface area contributed by atoms with Gasteiger partial charge in [0.15, 0.2) is 0 Å². The van der Waals surface area contributed by atoms with E-state index < -0.39 is 0 Å². The van der Waals surface area contributed by atoms with Gasteiger partial charge in [-0.2, -0.15) is 0 Å². The Hall–Kier alpha value is -1.72. The van der Waals surface area contributed by atoms with Crippen molar-refractivity contribution in [2.45, 2.75) is 26.8 Å². The highest BCUT2D eigenvalue weighted by Crippen LogP contribution is 2.35. The van der Waals surface area contributed by atoms with E-state index in [-0.39, 0.29) is 5.97 Å². The van der Waals surface area contributed by atoms with Crippen LogP contribution in [0.1, 0.15) is 25.8 Å². The number of esters is 1. The number of allylic oxidation sites excluding steroid dienone is 1. The quantitative estimate of drug-likeness (QED) is 0.448. The summed E-state index contributed by atoms with van der Waals surface area (Å²) in [5, 5.41) is 4.40. The Morgan fingerprint density at radius 1 is 1.35 bits per heavy atom. The molecule has 0 fully saturated rings. The van der Waals surface area contributed by atoms with Gasteiger partial charge in [0.05, 0.1) is 17.7 Å². The van der Waals surface area contributed by atoms with Gasteiger partial charge in [0.25, 0.3) is 0 Å². The molecule has 1 aliphatic rings. The predicted molar refractivity (Wildman–Crippen MR) is 95.5 cm³/mol. The van der Waals surface area contributed by atoms with Gasteiger partial charge in [-0.1, -0.05) is 42.1 Å². The van der Waals surface area contributed by atoms with Gasteiger partial charge in [0, 0.05) is 24.2 Å². The molecular formula is C18H24N2O2S. The number of carbonyl (C=O) groups is 1. The number of nitrogens with one attached hydrogen (secondary N) is 1. The molecule has 1 N–H and O–H groups in total. The Morgan fingerprint density at radius 3 is 2.87 bits per heavy atom. The van der Waals surface area contributed by atoms with Crippen LogP contribution in [0.5, 0.6) is 0 Å². The van der Waals surface area contributed by atoms with E-state index in [1.54, 1.807) is 17.8 Å². The van der Waals surface area contributed by atoms with E-state index in [1.807, 2.05) is 13.0 Å². The van der Waals surface area contributed by atoms with E-state index in [2.05, 4.69) is 47.6 Å². The number of hydrogen-bond donors (Lipinski definition) is 1. The maximum Gasteiger partial charge on any atom is 0.333 e. The monoisotopic (exact) mass is 332 g/mol. The van der Waals surface area contributed by atoms with Crippen LogP contribution in [0.3, 0.4) is 0 Å². The second-order valence-corrected chi connectivity index (χ2v) is 6.55. The lowest BCUT2D eigenvalue weighted by atomic mass is 10.2. The maximum absolute atomic E-state index is 11.6. The van der Waals surface area contributed by atoms with Crippen molar-refractivity contribution in [1.29, 1.82) is 0 Å². The van der Waals surface area contributed by atoms with Gasteiger partial charge in [-0.15, -0.1) is 0 Å². The van der Waals surface area contributed by atoms with Crippen molar-refractivity contribution in [3.05, 3.63) is 58.1 Å². The Labute approximate surface area is 142 Å². The zero-order chi connectivity index (χ0) is 16.5. The number of thioether (sulfide) groups is 1. The number of carbonyl (C=O) groups excluding carboxylic acids is 1. The molecule has 4 nitrogen and oxygen atoms in total. The molecule has 5 heteroatoms. The van der Waals surface area contributed by atoms with Crippen molar-refractivity contribution in [2.24, 2.45) is 0 Å². The third kappa shape index (κ3) is 6.12. The molecular weight excluding hydrogens is 308 g/mol. The summed E-state index contributed by atoms with van der Waals surface area (Å²) in [5.74, 6) is -0.273. The lowest BCUT2D eigenvalue weighted by Gasteiger charge is -2.17. The molecule has 124 valence electrons. The van der Waals surface area contributed by atoms with Crippen molar-refractivity contribution >= 4 is 17.7 Å². The molecule has 0 bridgehead atoms. The molecule has 1 heterocycles. The van der Waals surface area contributed by atoms with Gasteiger partial charge in [-0.25, -0.2) is 4.79 Å². The van der Waals surface area contributed by atoms with Crippen LogP contribution in [0.2, 0.25) is 0 Å². The van der Waals surface area contributed by atoms with Crippen molar-refractivity contribution in [3.8, 4) is 0 Å². The summed E-state index contributed by atoms with van der Waals surface area (Å²) in [7, 11) is 0. The molecule has 0 aliphatic carbocycles. The summed E-state index contributed by atoms with van der Waals surface area (Å²) in [4.78, 5) is 14.9. The predicted octanol–water partition coefficient (Wildman–Crippen LogP) is 3.48. The van der Waals surface area contributed by atoms with Crippen LogP contribution in [-0.2, 0) is 16.1 Å². The Bertz CT molecular complexity index is 570. The minimum Gasteiger partial charge on any atom is -0.463 e. The average Bonchev–Trinajstić information content (AvgIpc) is 2.88. The van der Waals surface area contributed by atoms with E-state index in [1.165, 1.54) is 10.5 Å². The first-order valence-electron chi connectivity index (χ1n) is 7.95.